The summed E-state index contributed by atoms with van der Waals surface area (Å²) in [5.74, 6) is -0.934. The van der Waals surface area contributed by atoms with Gasteiger partial charge in [0.15, 0.2) is 0 Å². The molecule has 0 saturated heterocycles. The first-order chi connectivity index (χ1) is 13.5. The Bertz CT molecular complexity index is 1110. The van der Waals surface area contributed by atoms with Gasteiger partial charge < -0.3 is 10.3 Å². The zero-order valence-electron chi connectivity index (χ0n) is 14.7. The third-order valence-electron chi connectivity index (χ3n) is 4.20. The summed E-state index contributed by atoms with van der Waals surface area (Å²) in [4.78, 5) is 39.4. The topological polar surface area (TPSA) is 84.0 Å². The van der Waals surface area contributed by atoms with Crippen molar-refractivity contribution in [3.8, 4) is 0 Å². The van der Waals surface area contributed by atoms with Gasteiger partial charge in [0.05, 0.1) is 6.54 Å². The Morgan fingerprint density at radius 3 is 2.54 bits per heavy atom. The second-order valence-corrected chi connectivity index (χ2v) is 6.53. The summed E-state index contributed by atoms with van der Waals surface area (Å²) in [6.07, 6.45) is 1.57. The van der Waals surface area contributed by atoms with Gasteiger partial charge in [0.2, 0.25) is 0 Å². The molecule has 0 unspecified atom stereocenters. The second-order valence-electron chi connectivity index (χ2n) is 6.12. The number of nitrogens with one attached hydrogen (secondary N) is 2. The van der Waals surface area contributed by atoms with E-state index in [1.165, 1.54) is 12.1 Å². The molecule has 0 atom stereocenters. The molecular weight excluding hydrogens is 385 g/mol. The summed E-state index contributed by atoms with van der Waals surface area (Å²) in [6, 6.07) is 12.8. The minimum atomic E-state index is -0.706. The van der Waals surface area contributed by atoms with Crippen molar-refractivity contribution < 1.29 is 9.18 Å². The fourth-order valence-corrected chi connectivity index (χ4v) is 2.88. The van der Waals surface area contributed by atoms with Gasteiger partial charge in [-0.25, -0.2) is 9.18 Å². The molecule has 28 heavy (non-hydrogen) atoms. The van der Waals surface area contributed by atoms with Crippen molar-refractivity contribution in [3.05, 3.63) is 103 Å². The molecule has 2 N–H and O–H groups in total. The maximum atomic E-state index is 12.9. The van der Waals surface area contributed by atoms with Gasteiger partial charge in [0.25, 0.3) is 11.5 Å². The van der Waals surface area contributed by atoms with Gasteiger partial charge in [0.1, 0.15) is 11.4 Å². The number of H-pyrrole nitrogens is 1. The van der Waals surface area contributed by atoms with Gasteiger partial charge in [0, 0.05) is 17.8 Å². The van der Waals surface area contributed by atoms with Crippen molar-refractivity contribution >= 4 is 17.5 Å². The van der Waals surface area contributed by atoms with Crippen LogP contribution in [0.25, 0.3) is 0 Å². The fourth-order valence-electron chi connectivity index (χ4n) is 2.68. The van der Waals surface area contributed by atoms with Gasteiger partial charge in [-0.2, -0.15) is 0 Å². The Hall–Kier alpha value is -3.19. The summed E-state index contributed by atoms with van der Waals surface area (Å²) in [5.41, 5.74) is -0.0774. The highest BCUT2D eigenvalue weighted by atomic mass is 35.5. The lowest BCUT2D eigenvalue weighted by Gasteiger charge is -2.09. The molecule has 1 heterocycles. The molecule has 0 radical (unpaired) electrons. The van der Waals surface area contributed by atoms with E-state index in [1.54, 1.807) is 36.4 Å². The number of rotatable bonds is 6. The maximum absolute atomic E-state index is 12.9. The number of halogens is 2. The first-order valence-corrected chi connectivity index (χ1v) is 8.92. The van der Waals surface area contributed by atoms with Gasteiger partial charge in [-0.3, -0.25) is 14.2 Å². The number of aromatic nitrogens is 2. The van der Waals surface area contributed by atoms with Crippen LogP contribution < -0.4 is 16.6 Å². The summed E-state index contributed by atoms with van der Waals surface area (Å²) < 4.78 is 13.8. The molecule has 0 fully saturated rings. The van der Waals surface area contributed by atoms with Crippen LogP contribution in [0.15, 0.2) is 64.3 Å². The van der Waals surface area contributed by atoms with Gasteiger partial charge in [-0.15, -0.1) is 0 Å². The minimum absolute atomic E-state index is 0.0511. The Balaban J connectivity index is 1.74. The summed E-state index contributed by atoms with van der Waals surface area (Å²) in [6.45, 7) is 0.206. The van der Waals surface area contributed by atoms with Crippen LogP contribution in [0.5, 0.6) is 0 Å². The molecule has 6 nitrogen and oxygen atoms in total. The molecule has 1 aromatic heterocycles. The zero-order chi connectivity index (χ0) is 20.1. The predicted octanol–water partition coefficient (Wildman–Crippen LogP) is 2.35. The molecule has 3 rings (SSSR count). The SMILES string of the molecule is O=C(NCCc1ccc(F)cc1)c1c[nH]c(=O)n(Cc2ccccc2Cl)c1=O. The Morgan fingerprint density at radius 1 is 1.11 bits per heavy atom. The molecule has 1 amide bonds. The lowest BCUT2D eigenvalue weighted by atomic mass is 10.1. The number of carbonyl (C=O) groups excluding carboxylic acids is 1. The van der Waals surface area contributed by atoms with Crippen LogP contribution in [0.3, 0.4) is 0 Å². The van der Waals surface area contributed by atoms with Crippen molar-refractivity contribution in [1.82, 2.24) is 14.9 Å². The van der Waals surface area contributed by atoms with Crippen molar-refractivity contribution in [3.63, 3.8) is 0 Å². The molecule has 0 spiro atoms. The Kier molecular flexibility index (Phi) is 6.06. The van der Waals surface area contributed by atoms with Crippen LogP contribution in [-0.4, -0.2) is 22.0 Å². The van der Waals surface area contributed by atoms with Crippen LogP contribution >= 0.6 is 11.6 Å². The Labute approximate surface area is 164 Å². The molecule has 0 aliphatic rings. The highest BCUT2D eigenvalue weighted by Gasteiger charge is 2.15. The number of hydrogen-bond donors (Lipinski definition) is 2. The smallest absolute Gasteiger partial charge is 0.328 e. The molecular formula is C20H17ClFN3O3. The van der Waals surface area contributed by atoms with Crippen LogP contribution in [-0.2, 0) is 13.0 Å². The maximum Gasteiger partial charge on any atom is 0.328 e. The summed E-state index contributed by atoms with van der Waals surface area (Å²) in [7, 11) is 0. The monoisotopic (exact) mass is 401 g/mol. The molecule has 2 aromatic carbocycles. The van der Waals surface area contributed by atoms with E-state index in [1.807, 2.05) is 0 Å². The molecule has 3 aromatic rings. The standard InChI is InChI=1S/C20H17ClFN3O3/c21-17-4-2-1-3-14(17)12-25-19(27)16(11-24-20(25)28)18(26)23-10-9-13-5-7-15(22)8-6-13/h1-8,11H,9-10,12H2,(H,23,26)(H,24,28). The van der Waals surface area contributed by atoms with Crippen LogP contribution in [0.1, 0.15) is 21.5 Å². The number of aromatic amines is 1. The molecule has 8 heteroatoms. The van der Waals surface area contributed by atoms with Gasteiger partial charge in [-0.1, -0.05) is 41.9 Å². The number of nitrogens with zero attached hydrogens (tertiary/aromatic N) is 1. The second kappa shape index (κ2) is 8.67. The average Bonchev–Trinajstić information content (AvgIpc) is 2.68. The molecule has 0 aliphatic carbocycles. The van der Waals surface area contributed by atoms with E-state index in [0.717, 1.165) is 16.3 Å². The van der Waals surface area contributed by atoms with E-state index in [0.29, 0.717) is 17.0 Å². The van der Waals surface area contributed by atoms with Crippen molar-refractivity contribution in [2.24, 2.45) is 0 Å². The third kappa shape index (κ3) is 4.55. The molecule has 0 aliphatic heterocycles. The number of benzene rings is 2. The number of amides is 1. The van der Waals surface area contributed by atoms with E-state index in [2.05, 4.69) is 10.3 Å². The normalized spacial score (nSPS) is 10.6. The number of carbonyl (C=O) groups is 1. The minimum Gasteiger partial charge on any atom is -0.351 e. The van der Waals surface area contributed by atoms with E-state index < -0.39 is 17.2 Å². The number of hydrogen-bond acceptors (Lipinski definition) is 3. The zero-order valence-corrected chi connectivity index (χ0v) is 15.5. The quantitative estimate of drug-likeness (QED) is 0.665. The summed E-state index contributed by atoms with van der Waals surface area (Å²) >= 11 is 6.09. The fraction of sp³-hybridized carbons (Fsp3) is 0.150. The van der Waals surface area contributed by atoms with E-state index >= 15 is 0 Å². The highest BCUT2D eigenvalue weighted by molar-refractivity contribution is 6.31. The Morgan fingerprint density at radius 2 is 1.82 bits per heavy atom. The lowest BCUT2D eigenvalue weighted by Crippen LogP contribution is -2.41. The van der Waals surface area contributed by atoms with Crippen molar-refractivity contribution in [2.75, 3.05) is 6.54 Å². The highest BCUT2D eigenvalue weighted by Crippen LogP contribution is 2.14. The van der Waals surface area contributed by atoms with Crippen molar-refractivity contribution in [1.29, 1.82) is 0 Å². The van der Waals surface area contributed by atoms with Gasteiger partial charge in [-0.05, 0) is 35.7 Å². The van der Waals surface area contributed by atoms with Crippen LogP contribution in [0.4, 0.5) is 4.39 Å². The van der Waals surface area contributed by atoms with E-state index in [-0.39, 0.29) is 24.5 Å². The van der Waals surface area contributed by atoms with Crippen LogP contribution in [0.2, 0.25) is 5.02 Å². The van der Waals surface area contributed by atoms with E-state index in [4.69, 9.17) is 11.6 Å². The first kappa shape index (κ1) is 19.6. The third-order valence-corrected chi connectivity index (χ3v) is 4.57. The lowest BCUT2D eigenvalue weighted by molar-refractivity contribution is 0.0951. The first-order valence-electron chi connectivity index (χ1n) is 8.54. The largest absolute Gasteiger partial charge is 0.351 e. The molecule has 144 valence electrons. The molecule has 0 bridgehead atoms. The van der Waals surface area contributed by atoms with Crippen LogP contribution in [0, 0.1) is 5.82 Å². The average molecular weight is 402 g/mol. The molecule has 0 saturated carbocycles. The van der Waals surface area contributed by atoms with Crippen molar-refractivity contribution in [2.45, 2.75) is 13.0 Å². The van der Waals surface area contributed by atoms with E-state index in [9.17, 15) is 18.8 Å². The summed E-state index contributed by atoms with van der Waals surface area (Å²) in [5, 5.41) is 3.05. The van der Waals surface area contributed by atoms with Gasteiger partial charge >= 0.3 is 5.69 Å². The predicted molar refractivity (Wildman–Crippen MR) is 104 cm³/mol.